The van der Waals surface area contributed by atoms with Crippen LogP contribution in [-0.4, -0.2) is 43.4 Å². The zero-order valence-electron chi connectivity index (χ0n) is 14.7. The second-order valence-corrected chi connectivity index (χ2v) is 5.53. The minimum atomic E-state index is 0.238. The topological polar surface area (TPSA) is 137 Å². The van der Waals surface area contributed by atoms with Crippen LogP contribution in [0.5, 0.6) is 5.75 Å². The molecule has 4 rings (SSSR count). The van der Waals surface area contributed by atoms with Crippen molar-refractivity contribution in [2.75, 3.05) is 12.4 Å². The Morgan fingerprint density at radius 1 is 1.04 bits per heavy atom. The number of fused-ring (bicyclic) bond motifs is 1. The molecule has 0 fully saturated rings. The van der Waals surface area contributed by atoms with Gasteiger partial charge in [0, 0.05) is 0 Å². The lowest BCUT2D eigenvalue weighted by Crippen LogP contribution is -2.02. The number of methoxy groups -OCH3 is 1. The van der Waals surface area contributed by atoms with Crippen LogP contribution in [0.2, 0.25) is 0 Å². The van der Waals surface area contributed by atoms with Crippen LogP contribution >= 0.6 is 0 Å². The average Bonchev–Trinajstić information content (AvgIpc) is 3.30. The Hall–Kier alpha value is -3.89. The molecule has 0 unspecified atom stereocenters. The van der Waals surface area contributed by atoms with Crippen LogP contribution in [-0.2, 0) is 0 Å². The number of anilines is 2. The number of hydrogen-bond donors (Lipinski definition) is 1. The molecule has 0 radical (unpaired) electrons. The molecule has 1 N–H and O–H groups in total. The summed E-state index contributed by atoms with van der Waals surface area (Å²) in [7, 11) is 1.58. The number of benzene rings is 1. The lowest BCUT2D eigenvalue weighted by atomic mass is 10.2. The van der Waals surface area contributed by atoms with Gasteiger partial charge < -0.3 is 10.1 Å². The predicted molar refractivity (Wildman–Crippen MR) is 94.6 cm³/mol. The number of aromatic nitrogens is 6. The summed E-state index contributed by atoms with van der Waals surface area (Å²) in [6.07, 6.45) is 0. The van der Waals surface area contributed by atoms with E-state index in [0.717, 1.165) is 0 Å². The van der Waals surface area contributed by atoms with Gasteiger partial charge in [-0.2, -0.15) is 4.98 Å². The van der Waals surface area contributed by atoms with E-state index >= 15 is 0 Å². The Labute approximate surface area is 152 Å². The van der Waals surface area contributed by atoms with Crippen molar-refractivity contribution in [3.63, 3.8) is 0 Å². The Balaban J connectivity index is 1.81. The molecule has 0 spiro atoms. The zero-order valence-corrected chi connectivity index (χ0v) is 14.7. The second kappa shape index (κ2) is 6.78. The fourth-order valence-corrected chi connectivity index (χ4v) is 2.44. The minimum absolute atomic E-state index is 0.238. The second-order valence-electron chi connectivity index (χ2n) is 5.53. The molecule has 27 heavy (non-hydrogen) atoms. The molecule has 0 saturated carbocycles. The maximum atomic E-state index is 5.36. The molecule has 4 aromatic rings. The maximum Gasteiger partial charge on any atom is 0.245 e. The fraction of sp³-hybridized carbons (Fsp3) is 0.188. The molecular weight excluding hydrogens is 352 g/mol. The number of rotatable bonds is 5. The summed E-state index contributed by atoms with van der Waals surface area (Å²) in [5.41, 5.74) is 2.89. The number of hydrogen-bond acceptors (Lipinski definition) is 11. The van der Waals surface area contributed by atoms with E-state index in [1.807, 2.05) is 24.3 Å². The summed E-state index contributed by atoms with van der Waals surface area (Å²) in [4.78, 5) is 13.3. The molecule has 1 aromatic carbocycles. The molecule has 11 heteroatoms. The average molecular weight is 366 g/mol. The summed E-state index contributed by atoms with van der Waals surface area (Å²) in [5.74, 6) is 1.28. The highest BCUT2D eigenvalue weighted by molar-refractivity contribution is 5.99. The number of para-hydroxylation sites is 2. The van der Waals surface area contributed by atoms with E-state index in [0.29, 0.717) is 34.4 Å². The summed E-state index contributed by atoms with van der Waals surface area (Å²) in [6.45, 7) is 3.54. The third-order valence-electron chi connectivity index (χ3n) is 3.72. The summed E-state index contributed by atoms with van der Waals surface area (Å²) in [6, 6.07) is 7.40. The largest absolute Gasteiger partial charge is 0.495 e. The van der Waals surface area contributed by atoms with Crippen LogP contribution < -0.4 is 10.1 Å². The van der Waals surface area contributed by atoms with Crippen molar-refractivity contribution in [3.8, 4) is 5.75 Å². The van der Waals surface area contributed by atoms with Crippen LogP contribution in [0.1, 0.15) is 18.3 Å². The summed E-state index contributed by atoms with van der Waals surface area (Å²) < 4.78 is 14.8. The monoisotopic (exact) mass is 366 g/mol. The number of aliphatic imine (C=N–C) groups is 1. The van der Waals surface area contributed by atoms with Gasteiger partial charge in [0.25, 0.3) is 0 Å². The van der Waals surface area contributed by atoms with Gasteiger partial charge in [0.05, 0.1) is 18.5 Å². The van der Waals surface area contributed by atoms with Gasteiger partial charge in [-0.25, -0.2) is 19.2 Å². The van der Waals surface area contributed by atoms with Gasteiger partial charge in [0.1, 0.15) is 11.4 Å². The number of nitrogens with one attached hydrogen (secondary N) is 1. The smallest absolute Gasteiger partial charge is 0.245 e. The molecule has 0 aliphatic carbocycles. The first-order chi connectivity index (χ1) is 13.2. The Morgan fingerprint density at radius 2 is 1.78 bits per heavy atom. The number of nitrogens with zero attached hydrogens (tertiary/aromatic N) is 7. The van der Waals surface area contributed by atoms with Gasteiger partial charge in [0.15, 0.2) is 17.3 Å². The van der Waals surface area contributed by atoms with Crippen molar-refractivity contribution in [2.45, 2.75) is 13.8 Å². The first-order valence-corrected chi connectivity index (χ1v) is 7.91. The van der Waals surface area contributed by atoms with Gasteiger partial charge in [-0.05, 0) is 41.5 Å². The van der Waals surface area contributed by atoms with Crippen LogP contribution in [0, 0.1) is 6.92 Å². The Kier molecular flexibility index (Phi) is 4.16. The van der Waals surface area contributed by atoms with Gasteiger partial charge >= 0.3 is 0 Å². The third-order valence-corrected chi connectivity index (χ3v) is 3.72. The van der Waals surface area contributed by atoms with Crippen LogP contribution in [0.4, 0.5) is 17.3 Å². The van der Waals surface area contributed by atoms with Crippen LogP contribution in [0.15, 0.2) is 38.5 Å². The first-order valence-electron chi connectivity index (χ1n) is 7.91. The SMILES string of the molecule is COc1ccccc1Nc1nc2nonc2nc1N=C(C)c1nonc1C. The van der Waals surface area contributed by atoms with Crippen molar-refractivity contribution in [3.05, 3.63) is 35.7 Å². The quantitative estimate of drug-likeness (QED) is 0.524. The van der Waals surface area contributed by atoms with Gasteiger partial charge in [-0.3, -0.25) is 0 Å². The highest BCUT2D eigenvalue weighted by Crippen LogP contribution is 2.31. The van der Waals surface area contributed by atoms with E-state index in [1.54, 1.807) is 21.0 Å². The maximum absolute atomic E-state index is 5.36. The van der Waals surface area contributed by atoms with Crippen LogP contribution in [0.25, 0.3) is 11.3 Å². The van der Waals surface area contributed by atoms with Gasteiger partial charge in [-0.15, -0.1) is 0 Å². The van der Waals surface area contributed by atoms with Crippen LogP contribution in [0.3, 0.4) is 0 Å². The summed E-state index contributed by atoms with van der Waals surface area (Å²) >= 11 is 0. The molecule has 136 valence electrons. The fourth-order valence-electron chi connectivity index (χ4n) is 2.44. The van der Waals surface area contributed by atoms with Crippen molar-refractivity contribution in [2.24, 2.45) is 4.99 Å². The van der Waals surface area contributed by atoms with Crippen molar-refractivity contribution < 1.29 is 14.0 Å². The lowest BCUT2D eigenvalue weighted by Gasteiger charge is -2.11. The van der Waals surface area contributed by atoms with E-state index in [9.17, 15) is 0 Å². The molecule has 0 saturated heterocycles. The highest BCUT2D eigenvalue weighted by atomic mass is 16.6. The van der Waals surface area contributed by atoms with Crippen molar-refractivity contribution in [1.82, 2.24) is 30.6 Å². The van der Waals surface area contributed by atoms with Gasteiger partial charge in [-0.1, -0.05) is 17.3 Å². The molecular formula is C16H14N8O3. The molecule has 11 nitrogen and oxygen atoms in total. The van der Waals surface area contributed by atoms with Gasteiger partial charge in [0.2, 0.25) is 11.3 Å². The zero-order chi connectivity index (χ0) is 18.8. The van der Waals surface area contributed by atoms with E-state index in [-0.39, 0.29) is 17.1 Å². The Bertz CT molecular complexity index is 1130. The molecule has 0 aliphatic heterocycles. The minimum Gasteiger partial charge on any atom is -0.495 e. The molecule has 0 bridgehead atoms. The molecule has 3 aromatic heterocycles. The standard InChI is InChI=1S/C16H14N8O3/c1-8(12-9(2)21-26-22-12)17-13-14(20-16-15(19-13)23-27-24-16)18-10-6-4-5-7-11(10)25-3/h4-7H,1-3H3,(H,18,20,24). The first kappa shape index (κ1) is 16.6. The van der Waals surface area contributed by atoms with E-state index in [2.05, 4.69) is 40.9 Å². The number of ether oxygens (including phenoxy) is 1. The number of aryl methyl sites for hydroxylation is 1. The molecule has 3 heterocycles. The molecule has 0 amide bonds. The normalized spacial score (nSPS) is 11.7. The van der Waals surface area contributed by atoms with E-state index < -0.39 is 0 Å². The van der Waals surface area contributed by atoms with E-state index in [4.69, 9.17) is 14.0 Å². The van der Waals surface area contributed by atoms with Crippen molar-refractivity contribution >= 4 is 34.3 Å². The Morgan fingerprint density at radius 3 is 2.52 bits per heavy atom. The molecule has 0 atom stereocenters. The van der Waals surface area contributed by atoms with Crippen molar-refractivity contribution in [1.29, 1.82) is 0 Å². The predicted octanol–water partition coefficient (Wildman–Crippen LogP) is 2.60. The third kappa shape index (κ3) is 3.17. The molecule has 0 aliphatic rings. The highest BCUT2D eigenvalue weighted by Gasteiger charge is 2.16. The lowest BCUT2D eigenvalue weighted by molar-refractivity contribution is 0.304. The van der Waals surface area contributed by atoms with E-state index in [1.165, 1.54) is 0 Å². The summed E-state index contributed by atoms with van der Waals surface area (Å²) in [5, 5.41) is 18.2.